The van der Waals surface area contributed by atoms with Gasteiger partial charge in [0.2, 0.25) is 0 Å². The summed E-state index contributed by atoms with van der Waals surface area (Å²) in [6.07, 6.45) is -0.626. The van der Waals surface area contributed by atoms with Crippen LogP contribution in [-0.4, -0.2) is 24.4 Å². The van der Waals surface area contributed by atoms with Crippen LogP contribution in [0.25, 0.3) is 0 Å². The zero-order valence-electron chi connectivity index (χ0n) is 11.7. The predicted molar refractivity (Wildman–Crippen MR) is 78.8 cm³/mol. The Balaban J connectivity index is 1.67. The highest BCUT2D eigenvalue weighted by atomic mass is 16.5. The lowest BCUT2D eigenvalue weighted by Crippen LogP contribution is -2.23. The van der Waals surface area contributed by atoms with Gasteiger partial charge in [-0.3, -0.25) is 0 Å². The minimum Gasteiger partial charge on any atom is -0.491 e. The van der Waals surface area contributed by atoms with Gasteiger partial charge in [0.05, 0.1) is 13.2 Å². The Morgan fingerprint density at radius 2 is 1.80 bits per heavy atom. The van der Waals surface area contributed by atoms with E-state index in [1.807, 2.05) is 61.5 Å². The first-order valence-electron chi connectivity index (χ1n) is 6.73. The fourth-order valence-corrected chi connectivity index (χ4v) is 1.83. The van der Waals surface area contributed by atoms with Crippen molar-refractivity contribution >= 4 is 0 Å². The van der Waals surface area contributed by atoms with Gasteiger partial charge in [-0.1, -0.05) is 42.5 Å². The molecule has 3 nitrogen and oxygen atoms in total. The summed E-state index contributed by atoms with van der Waals surface area (Å²) in [5, 5.41) is 9.81. The highest BCUT2D eigenvalue weighted by Gasteiger charge is 2.06. The Morgan fingerprint density at radius 1 is 1.00 bits per heavy atom. The first-order valence-corrected chi connectivity index (χ1v) is 6.73. The van der Waals surface area contributed by atoms with E-state index in [1.54, 1.807) is 0 Å². The summed E-state index contributed by atoms with van der Waals surface area (Å²) in [5.74, 6) is 0.770. The Hall–Kier alpha value is -1.84. The molecule has 0 saturated heterocycles. The smallest absolute Gasteiger partial charge is 0.119 e. The second-order valence-corrected chi connectivity index (χ2v) is 4.78. The fourth-order valence-electron chi connectivity index (χ4n) is 1.83. The minimum atomic E-state index is -0.626. The largest absolute Gasteiger partial charge is 0.491 e. The van der Waals surface area contributed by atoms with Crippen molar-refractivity contribution in [2.45, 2.75) is 19.6 Å². The molecule has 1 atom stereocenters. The molecule has 0 heterocycles. The SMILES string of the molecule is Cc1cccc(OCC(O)COCc2ccccc2)c1. The van der Waals surface area contributed by atoms with E-state index < -0.39 is 6.10 Å². The molecule has 0 aliphatic carbocycles. The van der Waals surface area contributed by atoms with Gasteiger partial charge in [-0.05, 0) is 30.2 Å². The van der Waals surface area contributed by atoms with Crippen LogP contribution in [0.15, 0.2) is 54.6 Å². The summed E-state index contributed by atoms with van der Waals surface area (Å²) < 4.78 is 11.0. The van der Waals surface area contributed by atoms with Crippen LogP contribution in [0.5, 0.6) is 5.75 Å². The molecular formula is C17H20O3. The van der Waals surface area contributed by atoms with E-state index in [-0.39, 0.29) is 13.2 Å². The fraction of sp³-hybridized carbons (Fsp3) is 0.294. The molecule has 1 unspecified atom stereocenters. The van der Waals surface area contributed by atoms with Gasteiger partial charge in [-0.2, -0.15) is 0 Å². The predicted octanol–water partition coefficient (Wildman–Crippen LogP) is 2.95. The van der Waals surface area contributed by atoms with Crippen molar-refractivity contribution in [1.29, 1.82) is 0 Å². The summed E-state index contributed by atoms with van der Waals surface area (Å²) >= 11 is 0. The normalized spacial score (nSPS) is 12.1. The summed E-state index contributed by atoms with van der Waals surface area (Å²) in [7, 11) is 0. The standard InChI is InChI=1S/C17H20O3/c1-14-6-5-9-17(10-14)20-13-16(18)12-19-11-15-7-3-2-4-8-15/h2-10,16,18H,11-13H2,1H3. The molecule has 0 spiro atoms. The van der Waals surface area contributed by atoms with Crippen LogP contribution in [0.2, 0.25) is 0 Å². The average Bonchev–Trinajstić information content (AvgIpc) is 2.46. The molecule has 2 aromatic carbocycles. The van der Waals surface area contributed by atoms with Crippen molar-refractivity contribution in [3.8, 4) is 5.75 Å². The maximum Gasteiger partial charge on any atom is 0.119 e. The minimum absolute atomic E-state index is 0.234. The Kier molecular flexibility index (Phi) is 5.59. The van der Waals surface area contributed by atoms with Crippen molar-refractivity contribution in [3.63, 3.8) is 0 Å². The van der Waals surface area contributed by atoms with Gasteiger partial charge in [0.25, 0.3) is 0 Å². The van der Waals surface area contributed by atoms with E-state index >= 15 is 0 Å². The van der Waals surface area contributed by atoms with E-state index in [4.69, 9.17) is 9.47 Å². The van der Waals surface area contributed by atoms with Gasteiger partial charge in [-0.25, -0.2) is 0 Å². The zero-order chi connectivity index (χ0) is 14.2. The topological polar surface area (TPSA) is 38.7 Å². The van der Waals surface area contributed by atoms with Crippen LogP contribution < -0.4 is 4.74 Å². The lowest BCUT2D eigenvalue weighted by Gasteiger charge is -2.13. The molecule has 3 heteroatoms. The second kappa shape index (κ2) is 7.68. The van der Waals surface area contributed by atoms with Gasteiger partial charge >= 0.3 is 0 Å². The van der Waals surface area contributed by atoms with Crippen LogP contribution >= 0.6 is 0 Å². The Bertz CT molecular complexity index is 511. The molecule has 106 valence electrons. The van der Waals surface area contributed by atoms with Gasteiger partial charge in [-0.15, -0.1) is 0 Å². The summed E-state index contributed by atoms with van der Waals surface area (Å²) in [6, 6.07) is 17.7. The van der Waals surface area contributed by atoms with Gasteiger partial charge in [0, 0.05) is 0 Å². The summed E-state index contributed by atoms with van der Waals surface area (Å²) in [6.45, 7) is 3.01. The first kappa shape index (κ1) is 14.6. The second-order valence-electron chi connectivity index (χ2n) is 4.78. The van der Waals surface area contributed by atoms with E-state index in [1.165, 1.54) is 0 Å². The van der Waals surface area contributed by atoms with Gasteiger partial charge < -0.3 is 14.6 Å². The number of aliphatic hydroxyl groups excluding tert-OH is 1. The number of hydrogen-bond donors (Lipinski definition) is 1. The molecule has 20 heavy (non-hydrogen) atoms. The van der Waals surface area contributed by atoms with Gasteiger partial charge in [0.15, 0.2) is 0 Å². The number of benzene rings is 2. The number of hydrogen-bond acceptors (Lipinski definition) is 3. The molecular weight excluding hydrogens is 252 g/mol. The Labute approximate surface area is 119 Å². The number of rotatable bonds is 7. The van der Waals surface area contributed by atoms with Crippen LogP contribution in [0.3, 0.4) is 0 Å². The van der Waals surface area contributed by atoms with Crippen molar-refractivity contribution in [1.82, 2.24) is 0 Å². The number of ether oxygens (including phenoxy) is 2. The molecule has 2 aromatic rings. The van der Waals surface area contributed by atoms with E-state index in [0.717, 1.165) is 16.9 Å². The third-order valence-corrected chi connectivity index (χ3v) is 2.85. The van der Waals surface area contributed by atoms with Crippen LogP contribution in [0, 0.1) is 6.92 Å². The van der Waals surface area contributed by atoms with Gasteiger partial charge in [0.1, 0.15) is 18.5 Å². The first-order chi connectivity index (χ1) is 9.74. The van der Waals surface area contributed by atoms with Crippen molar-refractivity contribution in [2.24, 2.45) is 0 Å². The average molecular weight is 272 g/mol. The monoisotopic (exact) mass is 272 g/mol. The lowest BCUT2D eigenvalue weighted by molar-refractivity contribution is 0.00548. The highest BCUT2D eigenvalue weighted by molar-refractivity contribution is 5.27. The highest BCUT2D eigenvalue weighted by Crippen LogP contribution is 2.12. The molecule has 0 saturated carbocycles. The van der Waals surface area contributed by atoms with Crippen molar-refractivity contribution in [2.75, 3.05) is 13.2 Å². The van der Waals surface area contributed by atoms with Crippen LogP contribution in [0.4, 0.5) is 0 Å². The van der Waals surface area contributed by atoms with E-state index in [0.29, 0.717) is 6.61 Å². The molecule has 0 radical (unpaired) electrons. The molecule has 0 fully saturated rings. The number of aliphatic hydroxyl groups is 1. The maximum absolute atomic E-state index is 9.81. The number of aryl methyl sites for hydroxylation is 1. The summed E-state index contributed by atoms with van der Waals surface area (Å²) in [4.78, 5) is 0. The molecule has 1 N–H and O–H groups in total. The van der Waals surface area contributed by atoms with Crippen molar-refractivity contribution in [3.05, 3.63) is 65.7 Å². The third kappa shape index (κ3) is 5.03. The maximum atomic E-state index is 9.81. The lowest BCUT2D eigenvalue weighted by atomic mass is 10.2. The molecule has 0 aliphatic rings. The zero-order valence-corrected chi connectivity index (χ0v) is 11.7. The van der Waals surface area contributed by atoms with E-state index in [9.17, 15) is 5.11 Å². The van der Waals surface area contributed by atoms with Crippen molar-refractivity contribution < 1.29 is 14.6 Å². The van der Waals surface area contributed by atoms with Crippen LogP contribution in [0.1, 0.15) is 11.1 Å². The molecule has 0 bridgehead atoms. The summed E-state index contributed by atoms with van der Waals surface area (Å²) in [5.41, 5.74) is 2.23. The Morgan fingerprint density at radius 3 is 2.55 bits per heavy atom. The quantitative estimate of drug-likeness (QED) is 0.842. The molecule has 0 aromatic heterocycles. The molecule has 2 rings (SSSR count). The van der Waals surface area contributed by atoms with Crippen LogP contribution in [-0.2, 0) is 11.3 Å². The molecule has 0 aliphatic heterocycles. The van der Waals surface area contributed by atoms with E-state index in [2.05, 4.69) is 0 Å². The third-order valence-electron chi connectivity index (χ3n) is 2.85. The molecule has 0 amide bonds.